The van der Waals surface area contributed by atoms with E-state index >= 15 is 0 Å². The molecule has 1 fully saturated rings. The van der Waals surface area contributed by atoms with Gasteiger partial charge in [0.15, 0.2) is 0 Å². The maximum atomic E-state index is 5.04. The Bertz CT molecular complexity index is 657. The average Bonchev–Trinajstić information content (AvgIpc) is 2.56. The van der Waals surface area contributed by atoms with Crippen LogP contribution in [0, 0.1) is 5.92 Å². The molecule has 0 N–H and O–H groups in total. The van der Waals surface area contributed by atoms with Gasteiger partial charge in [-0.25, -0.2) is 0 Å². The van der Waals surface area contributed by atoms with Gasteiger partial charge in [-0.3, -0.25) is 4.99 Å². The first-order valence-corrected chi connectivity index (χ1v) is 8.12. The molecule has 1 saturated carbocycles. The molecule has 1 nitrogen and oxygen atoms in total. The summed E-state index contributed by atoms with van der Waals surface area (Å²) in [4.78, 5) is 5.04. The molecule has 0 saturated heterocycles. The lowest BCUT2D eigenvalue weighted by Crippen LogP contribution is -2.29. The van der Waals surface area contributed by atoms with Gasteiger partial charge < -0.3 is 0 Å². The summed E-state index contributed by atoms with van der Waals surface area (Å²) >= 11 is 0. The van der Waals surface area contributed by atoms with Crippen LogP contribution in [-0.4, -0.2) is 5.71 Å². The van der Waals surface area contributed by atoms with E-state index in [1.165, 1.54) is 48.2 Å². The maximum Gasteiger partial charge on any atom is 0.0664 e. The molecule has 1 heterocycles. The van der Waals surface area contributed by atoms with Gasteiger partial charge in [-0.1, -0.05) is 61.4 Å². The molecule has 1 heteroatoms. The summed E-state index contributed by atoms with van der Waals surface area (Å²) in [6, 6.07) is 19.6. The lowest BCUT2D eigenvalue weighted by atomic mass is 9.70. The lowest BCUT2D eigenvalue weighted by molar-refractivity contribution is 0.375. The molecular formula is C20H21N. The average molecular weight is 275 g/mol. The Kier molecular flexibility index (Phi) is 3.34. The predicted molar refractivity (Wildman–Crippen MR) is 88.4 cm³/mol. The van der Waals surface area contributed by atoms with Gasteiger partial charge in [0.1, 0.15) is 0 Å². The molecule has 2 aliphatic rings. The van der Waals surface area contributed by atoms with Crippen LogP contribution in [0.5, 0.6) is 0 Å². The van der Waals surface area contributed by atoms with Crippen molar-refractivity contribution >= 4 is 11.4 Å². The molecule has 1 aliphatic carbocycles. The van der Waals surface area contributed by atoms with Gasteiger partial charge in [-0.2, -0.15) is 0 Å². The highest BCUT2D eigenvalue weighted by Crippen LogP contribution is 2.46. The van der Waals surface area contributed by atoms with Gasteiger partial charge in [-0.05, 0) is 36.0 Å². The Labute approximate surface area is 126 Å². The Morgan fingerprint density at radius 2 is 1.52 bits per heavy atom. The zero-order valence-corrected chi connectivity index (χ0v) is 12.3. The quantitative estimate of drug-likeness (QED) is 0.706. The fraction of sp³-hybridized carbons (Fsp3) is 0.350. The second kappa shape index (κ2) is 5.48. The predicted octanol–water partition coefficient (Wildman–Crippen LogP) is 5.29. The number of nitrogens with zero attached hydrogens (tertiary/aromatic N) is 1. The third-order valence-electron chi connectivity index (χ3n) is 5.02. The van der Waals surface area contributed by atoms with E-state index in [0.717, 1.165) is 6.42 Å². The van der Waals surface area contributed by atoms with Crippen LogP contribution in [0.3, 0.4) is 0 Å². The first-order valence-electron chi connectivity index (χ1n) is 8.12. The van der Waals surface area contributed by atoms with Crippen LogP contribution in [0.2, 0.25) is 0 Å². The van der Waals surface area contributed by atoms with E-state index in [1.807, 2.05) is 0 Å². The van der Waals surface area contributed by atoms with Crippen LogP contribution in [-0.2, 0) is 6.42 Å². The number of para-hydroxylation sites is 1. The normalized spacial score (nSPS) is 23.9. The van der Waals surface area contributed by atoms with E-state index in [2.05, 4.69) is 54.6 Å². The summed E-state index contributed by atoms with van der Waals surface area (Å²) in [5.74, 6) is 1.36. The number of aliphatic imine (C=N–C) groups is 1. The molecule has 2 aromatic carbocycles. The molecule has 2 aromatic rings. The van der Waals surface area contributed by atoms with Gasteiger partial charge in [0.05, 0.1) is 5.69 Å². The molecule has 0 amide bonds. The lowest BCUT2D eigenvalue weighted by Gasteiger charge is -2.37. The summed E-state index contributed by atoms with van der Waals surface area (Å²) in [6.45, 7) is 0. The molecular weight excluding hydrogens is 254 g/mol. The van der Waals surface area contributed by atoms with Crippen LogP contribution >= 0.6 is 0 Å². The van der Waals surface area contributed by atoms with E-state index in [0.29, 0.717) is 11.8 Å². The molecule has 1 aliphatic heterocycles. The molecule has 4 rings (SSSR count). The number of fused-ring (bicyclic) bond motifs is 3. The van der Waals surface area contributed by atoms with Crippen LogP contribution in [0.25, 0.3) is 0 Å². The van der Waals surface area contributed by atoms with E-state index < -0.39 is 0 Å². The van der Waals surface area contributed by atoms with Crippen molar-refractivity contribution in [1.82, 2.24) is 0 Å². The minimum absolute atomic E-state index is 0.661. The topological polar surface area (TPSA) is 12.4 Å². The number of hydrogen-bond donors (Lipinski definition) is 0. The van der Waals surface area contributed by atoms with Crippen molar-refractivity contribution < 1.29 is 0 Å². The molecule has 0 bridgehead atoms. The highest BCUT2D eigenvalue weighted by atomic mass is 14.8. The Hall–Kier alpha value is -1.89. The fourth-order valence-corrected chi connectivity index (χ4v) is 4.02. The van der Waals surface area contributed by atoms with Gasteiger partial charge in [0.2, 0.25) is 0 Å². The number of hydrogen-bond acceptors (Lipinski definition) is 1. The minimum atomic E-state index is 0.661. The summed E-state index contributed by atoms with van der Waals surface area (Å²) in [5, 5.41) is 0. The van der Waals surface area contributed by atoms with Crippen molar-refractivity contribution in [3.63, 3.8) is 0 Å². The highest BCUT2D eigenvalue weighted by Gasteiger charge is 2.34. The fourth-order valence-electron chi connectivity index (χ4n) is 4.02. The van der Waals surface area contributed by atoms with Crippen molar-refractivity contribution in [2.24, 2.45) is 10.9 Å². The van der Waals surface area contributed by atoms with Crippen LogP contribution in [0.15, 0.2) is 59.6 Å². The van der Waals surface area contributed by atoms with Gasteiger partial charge in [0.25, 0.3) is 0 Å². The molecule has 2 atom stereocenters. The number of benzene rings is 2. The van der Waals surface area contributed by atoms with E-state index in [1.54, 1.807) is 0 Å². The first-order chi connectivity index (χ1) is 10.4. The van der Waals surface area contributed by atoms with E-state index in [-0.39, 0.29) is 0 Å². The van der Waals surface area contributed by atoms with Crippen molar-refractivity contribution in [3.05, 3.63) is 65.7 Å². The number of rotatable bonds is 2. The molecule has 106 valence electrons. The van der Waals surface area contributed by atoms with Crippen molar-refractivity contribution in [3.8, 4) is 0 Å². The largest absolute Gasteiger partial charge is 0.257 e. The second-order valence-corrected chi connectivity index (χ2v) is 6.32. The zero-order valence-electron chi connectivity index (χ0n) is 12.3. The standard InChI is InChI=1S/C20H21N/c1-2-8-15(9-3-1)14-20-18-12-5-4-10-16(18)17-11-6-7-13-19(17)21-20/h1-3,6-9,11,13,16,18H,4-5,10,12,14H2. The maximum absolute atomic E-state index is 5.04. The molecule has 0 spiro atoms. The van der Waals surface area contributed by atoms with Crippen molar-refractivity contribution in [2.75, 3.05) is 0 Å². The van der Waals surface area contributed by atoms with Crippen molar-refractivity contribution in [1.29, 1.82) is 0 Å². The van der Waals surface area contributed by atoms with E-state index in [4.69, 9.17) is 4.99 Å². The Balaban J connectivity index is 1.73. The third-order valence-corrected chi connectivity index (χ3v) is 5.02. The van der Waals surface area contributed by atoms with Gasteiger partial charge >= 0.3 is 0 Å². The minimum Gasteiger partial charge on any atom is -0.257 e. The second-order valence-electron chi connectivity index (χ2n) is 6.32. The highest BCUT2D eigenvalue weighted by molar-refractivity contribution is 5.93. The summed E-state index contributed by atoms with van der Waals surface area (Å²) < 4.78 is 0. The SMILES string of the molecule is c1ccc(CC2=Nc3ccccc3C3CCCCC23)cc1. The first kappa shape index (κ1) is 12.8. The van der Waals surface area contributed by atoms with Gasteiger partial charge in [-0.15, -0.1) is 0 Å². The van der Waals surface area contributed by atoms with Crippen LogP contribution in [0.1, 0.15) is 42.7 Å². The van der Waals surface area contributed by atoms with Crippen LogP contribution < -0.4 is 0 Å². The summed E-state index contributed by atoms with van der Waals surface area (Å²) in [5.41, 5.74) is 5.50. The van der Waals surface area contributed by atoms with E-state index in [9.17, 15) is 0 Å². The zero-order chi connectivity index (χ0) is 14.1. The molecule has 21 heavy (non-hydrogen) atoms. The summed E-state index contributed by atoms with van der Waals surface area (Å²) in [6.07, 6.45) is 6.38. The van der Waals surface area contributed by atoms with Gasteiger partial charge in [0, 0.05) is 18.1 Å². The monoisotopic (exact) mass is 275 g/mol. The Morgan fingerprint density at radius 3 is 2.38 bits per heavy atom. The molecule has 2 unspecified atom stereocenters. The smallest absolute Gasteiger partial charge is 0.0664 e. The summed E-state index contributed by atoms with van der Waals surface area (Å²) in [7, 11) is 0. The van der Waals surface area contributed by atoms with Crippen molar-refractivity contribution in [2.45, 2.75) is 38.0 Å². The van der Waals surface area contributed by atoms with Crippen LogP contribution in [0.4, 0.5) is 5.69 Å². The molecule has 0 radical (unpaired) electrons. The molecule has 0 aromatic heterocycles. The third kappa shape index (κ3) is 2.42. The Morgan fingerprint density at radius 1 is 0.810 bits per heavy atom.